The lowest BCUT2D eigenvalue weighted by atomic mass is 9.90. The molecule has 1 N–H and O–H groups in total. The van der Waals surface area contributed by atoms with Gasteiger partial charge in [-0.05, 0) is 71.7 Å². The maximum Gasteiger partial charge on any atom is 0.252 e. The smallest absolute Gasteiger partial charge is 0.252 e. The minimum Gasteiger partial charge on any atom is -0.321 e. The monoisotopic (exact) mass is 498 g/mol. The summed E-state index contributed by atoms with van der Waals surface area (Å²) in [6, 6.07) is 17.1. The minimum absolute atomic E-state index is 0.00356. The first kappa shape index (κ1) is 25.3. The van der Waals surface area contributed by atoms with Crippen LogP contribution in [-0.2, 0) is 13.1 Å². The van der Waals surface area contributed by atoms with Crippen molar-refractivity contribution in [3.63, 3.8) is 0 Å². The third-order valence-corrected chi connectivity index (χ3v) is 7.75. The number of nitrogens with one attached hydrogen (secondary N) is 1. The van der Waals surface area contributed by atoms with Crippen molar-refractivity contribution in [1.29, 1.82) is 0 Å². The third kappa shape index (κ3) is 5.52. The number of hydrogen-bond donors (Lipinski definition) is 1. The van der Waals surface area contributed by atoms with Crippen LogP contribution in [0.5, 0.6) is 0 Å². The zero-order chi connectivity index (χ0) is 25.9. The second-order valence-corrected chi connectivity index (χ2v) is 11.0. The summed E-state index contributed by atoms with van der Waals surface area (Å²) in [5.74, 6) is 1.14. The Labute approximate surface area is 218 Å². The molecule has 37 heavy (non-hydrogen) atoms. The molecule has 7 heteroatoms. The van der Waals surface area contributed by atoms with E-state index in [1.807, 2.05) is 22.9 Å². The maximum absolute atomic E-state index is 13.3. The van der Waals surface area contributed by atoms with Crippen LogP contribution in [0.3, 0.4) is 0 Å². The van der Waals surface area contributed by atoms with E-state index < -0.39 is 0 Å². The van der Waals surface area contributed by atoms with Crippen molar-refractivity contribution >= 4 is 10.9 Å². The number of aromatic nitrogens is 5. The van der Waals surface area contributed by atoms with E-state index in [0.29, 0.717) is 19.1 Å². The standard InChI is InChI=1S/C30H38N6O/c1-20(2)28(29-32-33-34-36(29)18-23-11-7-5-8-12-23)35(26-13-9-6-10-14-26)19-25-17-24-16-21(3)15-22(4)27(24)31-30(25)37/h5,7-8,11-12,15-17,20,26,28H,6,9-10,13-14,18-19H2,1-4H3,(H,31,37)/t28-/m0/s1. The lowest BCUT2D eigenvalue weighted by Gasteiger charge is -2.41. The van der Waals surface area contributed by atoms with Gasteiger partial charge in [0.25, 0.3) is 5.56 Å². The first-order chi connectivity index (χ1) is 17.9. The topological polar surface area (TPSA) is 79.7 Å². The summed E-state index contributed by atoms with van der Waals surface area (Å²) < 4.78 is 1.94. The van der Waals surface area contributed by atoms with Gasteiger partial charge in [0.1, 0.15) is 0 Å². The Morgan fingerprint density at radius 3 is 2.54 bits per heavy atom. The molecule has 0 aliphatic heterocycles. The summed E-state index contributed by atoms with van der Waals surface area (Å²) in [4.78, 5) is 19.1. The van der Waals surface area contributed by atoms with Crippen molar-refractivity contribution in [3.05, 3.63) is 87.0 Å². The highest BCUT2D eigenvalue weighted by Gasteiger charge is 2.35. The number of aromatic amines is 1. The fourth-order valence-corrected chi connectivity index (χ4v) is 6.04. The summed E-state index contributed by atoms with van der Waals surface area (Å²) in [6.45, 7) is 9.83. The number of tetrazole rings is 1. The first-order valence-electron chi connectivity index (χ1n) is 13.6. The molecule has 1 atom stereocenters. The summed E-state index contributed by atoms with van der Waals surface area (Å²) in [6.07, 6.45) is 5.97. The van der Waals surface area contributed by atoms with Gasteiger partial charge in [0, 0.05) is 18.2 Å². The molecule has 4 aromatic rings. The number of hydrogen-bond acceptors (Lipinski definition) is 5. The lowest BCUT2D eigenvalue weighted by Crippen LogP contribution is -2.43. The fraction of sp³-hybridized carbons (Fsp3) is 0.467. The molecule has 1 fully saturated rings. The average Bonchev–Trinajstić information content (AvgIpc) is 3.33. The second-order valence-electron chi connectivity index (χ2n) is 11.0. The zero-order valence-electron chi connectivity index (χ0n) is 22.4. The third-order valence-electron chi connectivity index (χ3n) is 7.75. The van der Waals surface area contributed by atoms with Gasteiger partial charge in [-0.3, -0.25) is 9.69 Å². The van der Waals surface area contributed by atoms with Crippen LogP contribution in [0.15, 0.2) is 53.3 Å². The van der Waals surface area contributed by atoms with E-state index in [2.05, 4.69) is 83.4 Å². The highest BCUT2D eigenvalue weighted by Crippen LogP contribution is 2.35. The van der Waals surface area contributed by atoms with Crippen molar-refractivity contribution in [2.45, 2.75) is 85.0 Å². The van der Waals surface area contributed by atoms with Gasteiger partial charge in [-0.2, -0.15) is 0 Å². The van der Waals surface area contributed by atoms with Gasteiger partial charge >= 0.3 is 0 Å². The van der Waals surface area contributed by atoms with Crippen molar-refractivity contribution in [1.82, 2.24) is 30.1 Å². The second kappa shape index (κ2) is 11.0. The normalized spacial score (nSPS) is 15.6. The molecule has 0 saturated heterocycles. The first-order valence-corrected chi connectivity index (χ1v) is 13.6. The summed E-state index contributed by atoms with van der Waals surface area (Å²) in [7, 11) is 0. The van der Waals surface area contributed by atoms with Crippen LogP contribution >= 0.6 is 0 Å². The van der Waals surface area contributed by atoms with Crippen LogP contribution in [0.25, 0.3) is 10.9 Å². The average molecular weight is 499 g/mol. The van der Waals surface area contributed by atoms with E-state index in [4.69, 9.17) is 0 Å². The Bertz CT molecular complexity index is 1400. The van der Waals surface area contributed by atoms with Crippen LogP contribution in [0, 0.1) is 19.8 Å². The number of H-pyrrole nitrogens is 1. The highest BCUT2D eigenvalue weighted by molar-refractivity contribution is 5.82. The zero-order valence-corrected chi connectivity index (χ0v) is 22.4. The van der Waals surface area contributed by atoms with Gasteiger partial charge in [-0.15, -0.1) is 5.10 Å². The van der Waals surface area contributed by atoms with Gasteiger partial charge in [0.2, 0.25) is 0 Å². The van der Waals surface area contributed by atoms with Gasteiger partial charge in [0.15, 0.2) is 5.82 Å². The number of fused-ring (bicyclic) bond motifs is 1. The van der Waals surface area contributed by atoms with E-state index in [0.717, 1.165) is 40.7 Å². The van der Waals surface area contributed by atoms with Crippen LogP contribution in [0.4, 0.5) is 0 Å². The molecule has 2 aromatic heterocycles. The number of nitrogens with zero attached hydrogens (tertiary/aromatic N) is 5. The van der Waals surface area contributed by atoms with Crippen LogP contribution < -0.4 is 5.56 Å². The van der Waals surface area contributed by atoms with Crippen LogP contribution in [0.1, 0.15) is 80.1 Å². The molecule has 0 unspecified atom stereocenters. The Kier molecular flexibility index (Phi) is 7.51. The molecule has 0 bridgehead atoms. The van der Waals surface area contributed by atoms with Crippen LogP contribution in [0.2, 0.25) is 0 Å². The molecule has 2 aromatic carbocycles. The molecule has 7 nitrogen and oxygen atoms in total. The molecule has 1 aliphatic carbocycles. The van der Waals surface area contributed by atoms with Gasteiger partial charge < -0.3 is 4.98 Å². The lowest BCUT2D eigenvalue weighted by molar-refractivity contribution is 0.0611. The fourth-order valence-electron chi connectivity index (χ4n) is 6.04. The molecule has 0 amide bonds. The Balaban J connectivity index is 1.55. The van der Waals surface area contributed by atoms with Crippen molar-refractivity contribution in [2.24, 2.45) is 5.92 Å². The number of pyridine rings is 1. The van der Waals surface area contributed by atoms with Gasteiger partial charge in [-0.1, -0.05) is 75.1 Å². The Morgan fingerprint density at radius 1 is 1.05 bits per heavy atom. The minimum atomic E-state index is -0.00774. The van der Waals surface area contributed by atoms with Crippen molar-refractivity contribution in [3.8, 4) is 0 Å². The van der Waals surface area contributed by atoms with E-state index in [1.54, 1.807) is 0 Å². The quantitative estimate of drug-likeness (QED) is 0.336. The summed E-state index contributed by atoms with van der Waals surface area (Å²) >= 11 is 0. The molecular weight excluding hydrogens is 460 g/mol. The van der Waals surface area contributed by atoms with Gasteiger partial charge in [0.05, 0.1) is 18.1 Å². The predicted molar refractivity (Wildman–Crippen MR) is 147 cm³/mol. The molecule has 1 aliphatic rings. The maximum atomic E-state index is 13.3. The van der Waals surface area contributed by atoms with Gasteiger partial charge in [-0.25, -0.2) is 4.68 Å². The molecular formula is C30H38N6O. The molecule has 5 rings (SSSR count). The summed E-state index contributed by atoms with van der Waals surface area (Å²) in [5, 5.41) is 14.1. The molecule has 194 valence electrons. The predicted octanol–water partition coefficient (Wildman–Crippen LogP) is 5.71. The molecule has 2 heterocycles. The molecule has 0 radical (unpaired) electrons. The van der Waals surface area contributed by atoms with E-state index in [1.165, 1.54) is 30.4 Å². The van der Waals surface area contributed by atoms with Crippen molar-refractivity contribution < 1.29 is 0 Å². The molecule has 1 saturated carbocycles. The Morgan fingerprint density at radius 2 is 1.81 bits per heavy atom. The van der Waals surface area contributed by atoms with Crippen molar-refractivity contribution in [2.75, 3.05) is 0 Å². The van der Waals surface area contributed by atoms with E-state index >= 15 is 0 Å². The largest absolute Gasteiger partial charge is 0.321 e. The molecule has 0 spiro atoms. The Hall–Kier alpha value is -3.32. The summed E-state index contributed by atoms with van der Waals surface area (Å²) in [5.41, 5.74) is 5.19. The number of rotatable bonds is 8. The SMILES string of the molecule is Cc1cc(C)c2[nH]c(=O)c(CN(C3CCCCC3)[C@H](c3nnnn3Cc3ccccc3)C(C)C)cc2c1. The number of benzene rings is 2. The van der Waals surface area contributed by atoms with E-state index in [9.17, 15) is 4.79 Å². The van der Waals surface area contributed by atoms with E-state index in [-0.39, 0.29) is 17.5 Å². The van der Waals surface area contributed by atoms with Crippen LogP contribution in [-0.4, -0.2) is 36.1 Å². The highest BCUT2D eigenvalue weighted by atomic mass is 16.1. The number of aryl methyl sites for hydroxylation is 2.